The summed E-state index contributed by atoms with van der Waals surface area (Å²) in [6.45, 7) is 0.650. The number of nitrogens with two attached hydrogens (primary N) is 1. The molecule has 1 aliphatic carbocycles. The van der Waals surface area contributed by atoms with E-state index in [-0.39, 0.29) is 12.2 Å². The lowest BCUT2D eigenvalue weighted by Gasteiger charge is -2.27. The van der Waals surface area contributed by atoms with E-state index in [9.17, 15) is 4.79 Å². The molecule has 5 N–H and O–H groups in total. The van der Waals surface area contributed by atoms with Gasteiger partial charge in [-0.25, -0.2) is 4.98 Å². The van der Waals surface area contributed by atoms with Crippen molar-refractivity contribution in [3.05, 3.63) is 30.0 Å². The monoisotopic (exact) mass is 400 g/mol. The third kappa shape index (κ3) is 5.18. The molecule has 1 aromatic carbocycles. The van der Waals surface area contributed by atoms with E-state index in [1.807, 2.05) is 12.1 Å². The smallest absolute Gasteiger partial charge is 0.254 e. The molecular formula is C18H19B3N6O3. The third-order valence-electron chi connectivity index (χ3n) is 4.52. The first kappa shape index (κ1) is 20.4. The molecule has 12 heteroatoms. The molecule has 1 fully saturated rings. The van der Waals surface area contributed by atoms with Crippen molar-refractivity contribution in [2.75, 3.05) is 29.1 Å². The van der Waals surface area contributed by atoms with Crippen LogP contribution < -0.4 is 26.4 Å². The summed E-state index contributed by atoms with van der Waals surface area (Å²) in [5.74, 6) is 0.819. The molecule has 1 saturated carbocycles. The number of carbonyl (C=O) groups excluding carboxylic acids is 1. The zero-order valence-corrected chi connectivity index (χ0v) is 16.2. The molecule has 0 unspecified atom stereocenters. The van der Waals surface area contributed by atoms with Gasteiger partial charge in [0.25, 0.3) is 5.91 Å². The highest BCUT2D eigenvalue weighted by Gasteiger charge is 2.25. The van der Waals surface area contributed by atoms with E-state index in [0.29, 0.717) is 30.1 Å². The first-order valence-corrected chi connectivity index (χ1v) is 9.52. The minimum Gasteiger partial charge on any atom is -0.489 e. The Labute approximate surface area is 178 Å². The number of anilines is 4. The number of hydrogen-bond acceptors (Lipinski definition) is 8. The van der Waals surface area contributed by atoms with E-state index in [4.69, 9.17) is 38.7 Å². The Kier molecular flexibility index (Phi) is 5.51. The van der Waals surface area contributed by atoms with E-state index >= 15 is 0 Å². The number of nitrogens with one attached hydrogen (secondary N) is 3. The van der Waals surface area contributed by atoms with Crippen molar-refractivity contribution < 1.29 is 14.3 Å². The van der Waals surface area contributed by atoms with Crippen molar-refractivity contribution in [2.24, 2.45) is 5.73 Å². The SMILES string of the molecule is [B]C([B])([B])O[C@H]1CNc2cc(Nc3ncc(C(N)=O)c(NC4CC4)n3)ccc2OC1. The van der Waals surface area contributed by atoms with Crippen LogP contribution in [-0.4, -0.2) is 70.0 Å². The number of carbonyl (C=O) groups is 1. The number of ether oxygens (including phenoxy) is 2. The Hall–Kier alpha value is -2.88. The predicted molar refractivity (Wildman–Crippen MR) is 116 cm³/mol. The van der Waals surface area contributed by atoms with E-state index < -0.39 is 17.3 Å². The van der Waals surface area contributed by atoms with Crippen LogP contribution in [-0.2, 0) is 4.74 Å². The largest absolute Gasteiger partial charge is 0.489 e. The first-order valence-electron chi connectivity index (χ1n) is 9.52. The molecule has 1 aliphatic heterocycles. The van der Waals surface area contributed by atoms with Crippen molar-refractivity contribution >= 4 is 52.6 Å². The number of primary amides is 1. The number of nitrogens with zero attached hydrogens (tertiary/aromatic N) is 2. The molecule has 30 heavy (non-hydrogen) atoms. The second-order valence-electron chi connectivity index (χ2n) is 7.36. The van der Waals surface area contributed by atoms with Gasteiger partial charge in [0.05, 0.1) is 34.8 Å². The summed E-state index contributed by atoms with van der Waals surface area (Å²) in [5, 5.41) is 7.81. The summed E-state index contributed by atoms with van der Waals surface area (Å²) in [7, 11) is 16.5. The number of hydrogen-bond donors (Lipinski definition) is 4. The van der Waals surface area contributed by atoms with Gasteiger partial charge in [-0.3, -0.25) is 4.79 Å². The highest BCUT2D eigenvalue weighted by atomic mass is 16.5. The fourth-order valence-corrected chi connectivity index (χ4v) is 2.98. The standard InChI is InChI=1S/C18H19B3N6O3/c19-18(20,21)30-11-6-23-13-5-10(3-4-14(13)29-8-11)26-17-24-7-12(15(22)28)16(27-17)25-9-1-2-9/h3-5,7,9,11,23H,1-2,6,8H2,(H2,22,28)(H2,24,25,26,27)/t11-/m0/s1. The molecule has 0 saturated heterocycles. The van der Waals surface area contributed by atoms with Crippen LogP contribution in [0.15, 0.2) is 24.4 Å². The average Bonchev–Trinajstić information content (AvgIpc) is 3.49. The number of aromatic nitrogens is 2. The van der Waals surface area contributed by atoms with E-state index in [2.05, 4.69) is 25.9 Å². The fourth-order valence-electron chi connectivity index (χ4n) is 2.98. The molecule has 9 nitrogen and oxygen atoms in total. The Morgan fingerprint density at radius 3 is 2.83 bits per heavy atom. The molecule has 6 radical (unpaired) electrons. The second kappa shape index (κ2) is 8.10. The maximum absolute atomic E-state index is 11.6. The minimum absolute atomic E-state index is 0.244. The van der Waals surface area contributed by atoms with Crippen LogP contribution in [0.2, 0.25) is 0 Å². The van der Waals surface area contributed by atoms with Gasteiger partial charge < -0.3 is 31.2 Å². The summed E-state index contributed by atoms with van der Waals surface area (Å²) in [5.41, 5.74) is 7.14. The maximum atomic E-state index is 11.6. The Bertz CT molecular complexity index is 951. The zero-order valence-electron chi connectivity index (χ0n) is 16.2. The normalized spacial score (nSPS) is 18.3. The number of benzene rings is 1. The predicted octanol–water partition coefficient (Wildman–Crippen LogP) is 0.200. The molecule has 148 valence electrons. The van der Waals surface area contributed by atoms with Crippen LogP contribution in [0.25, 0.3) is 0 Å². The molecule has 2 aromatic rings. The topological polar surface area (TPSA) is 123 Å². The molecule has 2 aliphatic rings. The van der Waals surface area contributed by atoms with Crippen LogP contribution in [0, 0.1) is 0 Å². The van der Waals surface area contributed by atoms with Gasteiger partial charge >= 0.3 is 0 Å². The lowest BCUT2D eigenvalue weighted by atomic mass is 9.52. The van der Waals surface area contributed by atoms with Gasteiger partial charge in [-0.2, -0.15) is 4.98 Å². The van der Waals surface area contributed by atoms with E-state index in [0.717, 1.165) is 24.2 Å². The van der Waals surface area contributed by atoms with Gasteiger partial charge in [-0.05, 0) is 36.3 Å². The van der Waals surface area contributed by atoms with Crippen LogP contribution in [0.1, 0.15) is 23.2 Å². The zero-order chi connectivity index (χ0) is 21.3. The number of rotatable bonds is 7. The second-order valence-corrected chi connectivity index (χ2v) is 7.36. The summed E-state index contributed by atoms with van der Waals surface area (Å²) in [6.07, 6.45) is 3.06. The van der Waals surface area contributed by atoms with Crippen LogP contribution in [0.3, 0.4) is 0 Å². The van der Waals surface area contributed by atoms with Crippen molar-refractivity contribution in [1.82, 2.24) is 9.97 Å². The minimum atomic E-state index is -1.74. The first-order chi connectivity index (χ1) is 14.3. The molecule has 1 aromatic heterocycles. The van der Waals surface area contributed by atoms with Gasteiger partial charge in [0.2, 0.25) is 5.95 Å². The Morgan fingerprint density at radius 1 is 1.33 bits per heavy atom. The quantitative estimate of drug-likeness (QED) is 0.487. The van der Waals surface area contributed by atoms with Crippen molar-refractivity contribution in [1.29, 1.82) is 0 Å². The highest BCUT2D eigenvalue weighted by Crippen LogP contribution is 2.32. The lowest BCUT2D eigenvalue weighted by Crippen LogP contribution is -2.42. The lowest BCUT2D eigenvalue weighted by molar-refractivity contribution is 0.0255. The Morgan fingerprint density at radius 2 is 2.13 bits per heavy atom. The summed E-state index contributed by atoms with van der Waals surface area (Å²) in [4.78, 5) is 20.2. The van der Waals surface area contributed by atoms with Gasteiger partial charge in [-0.15, -0.1) is 0 Å². The van der Waals surface area contributed by atoms with Gasteiger partial charge in [-0.1, -0.05) is 0 Å². The molecule has 0 bridgehead atoms. The molecule has 2 heterocycles. The average molecular weight is 400 g/mol. The third-order valence-corrected chi connectivity index (χ3v) is 4.52. The van der Waals surface area contributed by atoms with Crippen molar-refractivity contribution in [3.8, 4) is 5.75 Å². The summed E-state index contributed by atoms with van der Waals surface area (Å²) < 4.78 is 11.1. The molecule has 1 amide bonds. The van der Waals surface area contributed by atoms with E-state index in [1.54, 1.807) is 6.07 Å². The van der Waals surface area contributed by atoms with E-state index in [1.165, 1.54) is 6.20 Å². The summed E-state index contributed by atoms with van der Waals surface area (Å²) >= 11 is 0. The number of fused-ring (bicyclic) bond motifs is 1. The fraction of sp³-hybridized carbons (Fsp3) is 0.389. The van der Waals surface area contributed by atoms with Gasteiger partial charge in [0.15, 0.2) is 0 Å². The van der Waals surface area contributed by atoms with Gasteiger partial charge in [0.1, 0.15) is 24.3 Å². The van der Waals surface area contributed by atoms with Crippen LogP contribution in [0.5, 0.6) is 5.75 Å². The molecular weight excluding hydrogens is 381 g/mol. The Balaban J connectivity index is 1.48. The highest BCUT2D eigenvalue weighted by molar-refractivity contribution is 6.58. The van der Waals surface area contributed by atoms with Gasteiger partial charge in [0, 0.05) is 24.5 Å². The number of amides is 1. The van der Waals surface area contributed by atoms with Crippen LogP contribution in [0.4, 0.5) is 23.1 Å². The molecule has 0 spiro atoms. The maximum Gasteiger partial charge on any atom is 0.254 e. The summed E-state index contributed by atoms with van der Waals surface area (Å²) in [6, 6.07) is 5.77. The molecule has 4 rings (SSSR count). The van der Waals surface area contributed by atoms with Crippen LogP contribution >= 0.6 is 0 Å². The van der Waals surface area contributed by atoms with Crippen molar-refractivity contribution in [3.63, 3.8) is 0 Å². The van der Waals surface area contributed by atoms with Crippen molar-refractivity contribution in [2.45, 2.75) is 30.3 Å². The molecule has 1 atom stereocenters.